The zero-order valence-electron chi connectivity index (χ0n) is 14.1. The molecule has 9 N–H and O–H groups in total. The van der Waals surface area contributed by atoms with Crippen molar-refractivity contribution in [2.45, 2.75) is 29.6 Å². The molecule has 1 fully saturated rings. The Morgan fingerprint density at radius 3 is 2.41 bits per heavy atom. The molecule has 4 atom stereocenters. The van der Waals surface area contributed by atoms with Crippen molar-refractivity contribution in [2.75, 3.05) is 13.2 Å². The van der Waals surface area contributed by atoms with E-state index in [2.05, 4.69) is 24.2 Å². The molecule has 0 bridgehead atoms. The molecular weight excluding hydrogens is 444 g/mol. The van der Waals surface area contributed by atoms with Crippen LogP contribution in [-0.2, 0) is 29.4 Å². The highest BCUT2D eigenvalue weighted by Gasteiger charge is 2.74. The van der Waals surface area contributed by atoms with Crippen LogP contribution in [0.2, 0.25) is 0 Å². The van der Waals surface area contributed by atoms with Gasteiger partial charge in [-0.25, -0.2) is 19.0 Å². The highest BCUT2D eigenvalue weighted by molar-refractivity contribution is 8.00. The molecule has 0 unspecified atom stereocenters. The van der Waals surface area contributed by atoms with Gasteiger partial charge in [-0.1, -0.05) is 0 Å². The van der Waals surface area contributed by atoms with Crippen molar-refractivity contribution in [3.05, 3.63) is 0 Å². The lowest BCUT2D eigenvalue weighted by atomic mass is 9.86. The maximum Gasteiger partial charge on any atom is 0.451 e. The summed E-state index contributed by atoms with van der Waals surface area (Å²) in [6, 6.07) is -2.75. The molecule has 3 aliphatic rings. The van der Waals surface area contributed by atoms with Crippen molar-refractivity contribution in [1.29, 1.82) is 0 Å². The van der Waals surface area contributed by atoms with Gasteiger partial charge in [-0.3, -0.25) is 9.11 Å². The third-order valence-electron chi connectivity index (χ3n) is 4.57. The van der Waals surface area contributed by atoms with Crippen LogP contribution in [0, 0.1) is 0 Å². The molecule has 17 nitrogen and oxygen atoms in total. The maximum absolute atomic E-state index is 11.3. The molecule has 29 heavy (non-hydrogen) atoms. The van der Waals surface area contributed by atoms with Crippen LogP contribution in [0.15, 0.2) is 9.98 Å². The van der Waals surface area contributed by atoms with Crippen molar-refractivity contribution >= 4 is 37.7 Å². The summed E-state index contributed by atoms with van der Waals surface area (Å²) in [5, 5.41) is 21.9. The van der Waals surface area contributed by atoms with E-state index in [0.717, 1.165) is 4.90 Å². The lowest BCUT2D eigenvalue weighted by Crippen LogP contribution is -2.77. The Morgan fingerprint density at radius 2 is 1.86 bits per heavy atom. The van der Waals surface area contributed by atoms with Gasteiger partial charge in [0.15, 0.2) is 23.7 Å². The molecule has 1 saturated heterocycles. The molecule has 0 aromatic rings. The fourth-order valence-electron chi connectivity index (χ4n) is 3.51. The van der Waals surface area contributed by atoms with E-state index >= 15 is 0 Å². The molecule has 0 amide bonds. The summed E-state index contributed by atoms with van der Waals surface area (Å²) in [4.78, 5) is 20.1. The average Bonchev–Trinajstić information content (AvgIpc) is 3.00. The van der Waals surface area contributed by atoms with Crippen LogP contribution >= 0.6 is 0 Å². The molecule has 164 valence electrons. The van der Waals surface area contributed by atoms with Gasteiger partial charge < -0.3 is 36.6 Å². The first kappa shape index (κ1) is 21.4. The van der Waals surface area contributed by atoms with Crippen molar-refractivity contribution < 1.29 is 49.9 Å². The molecule has 0 aliphatic carbocycles. The number of guanidine groups is 2. The van der Waals surface area contributed by atoms with E-state index < -0.39 is 74.6 Å². The lowest BCUT2D eigenvalue weighted by Gasteiger charge is -2.48. The highest BCUT2D eigenvalue weighted by Crippen LogP contribution is 2.45. The van der Waals surface area contributed by atoms with Crippen molar-refractivity contribution in [3.8, 4) is 0 Å². The third kappa shape index (κ3) is 3.35. The number of hydrogen-bond acceptors (Lipinski definition) is 15. The second-order valence-corrected chi connectivity index (χ2v) is 8.62. The summed E-state index contributed by atoms with van der Waals surface area (Å²) >= 11 is 0. The van der Waals surface area contributed by atoms with Gasteiger partial charge in [0.1, 0.15) is 18.7 Å². The van der Waals surface area contributed by atoms with E-state index in [1.54, 1.807) is 0 Å². The normalized spacial score (nSPS) is 33.2. The van der Waals surface area contributed by atoms with Gasteiger partial charge in [-0.15, -0.1) is 0 Å². The molecular formula is C10H16N6O11S2. The van der Waals surface area contributed by atoms with E-state index in [1.807, 2.05) is 0 Å². The summed E-state index contributed by atoms with van der Waals surface area (Å²) in [5.41, 5.74) is 9.24. The predicted molar refractivity (Wildman–Crippen MR) is 89.9 cm³/mol. The summed E-state index contributed by atoms with van der Waals surface area (Å²) < 4.78 is 70.0. The largest absolute Gasteiger partial charge is 0.451 e. The Bertz CT molecular complexity index is 1010. The summed E-state index contributed by atoms with van der Waals surface area (Å²) in [7, 11) is -10.3. The molecule has 0 saturated carbocycles. The molecule has 3 heterocycles. The maximum atomic E-state index is 11.3. The smallest absolute Gasteiger partial charge is 0.450 e. The fraction of sp³-hybridized carbons (Fsp3) is 0.700. The van der Waals surface area contributed by atoms with Crippen LogP contribution in [0.25, 0.3) is 0 Å². The van der Waals surface area contributed by atoms with Crippen molar-refractivity contribution in [1.82, 2.24) is 10.2 Å². The number of rotatable bonds is 4. The number of hydrogen-bond donors (Lipinski definition) is 7. The Balaban J connectivity index is 1.99. The van der Waals surface area contributed by atoms with Crippen LogP contribution in [0.3, 0.4) is 0 Å². The van der Waals surface area contributed by atoms with E-state index in [4.69, 9.17) is 20.6 Å². The fourth-order valence-corrected chi connectivity index (χ4v) is 4.22. The van der Waals surface area contributed by atoms with Crippen LogP contribution in [0.1, 0.15) is 0 Å². The summed E-state index contributed by atoms with van der Waals surface area (Å²) in [6.07, 6.45) is -1.98. The van der Waals surface area contributed by atoms with Crippen LogP contribution in [0.5, 0.6) is 0 Å². The molecule has 3 rings (SSSR count). The molecule has 1 spiro atoms. The number of aliphatic imine (C=N–C) groups is 2. The first-order valence-corrected chi connectivity index (χ1v) is 10.4. The minimum Gasteiger partial charge on any atom is -0.450 e. The monoisotopic (exact) mass is 460 g/mol. The molecule has 0 aromatic heterocycles. The average molecular weight is 460 g/mol. The number of aliphatic hydroxyl groups is 2. The molecule has 19 heteroatoms. The van der Waals surface area contributed by atoms with Crippen molar-refractivity contribution in [3.63, 3.8) is 0 Å². The Kier molecular flexibility index (Phi) is 4.69. The van der Waals surface area contributed by atoms with Gasteiger partial charge in [-0.05, 0) is 0 Å². The number of ether oxygens (including phenoxy) is 1. The number of nitrogens with zero attached hydrogens (tertiary/aromatic N) is 3. The first-order chi connectivity index (χ1) is 13.1. The zero-order valence-corrected chi connectivity index (χ0v) is 15.7. The highest BCUT2D eigenvalue weighted by atomic mass is 32.3. The number of carbonyl (C=O) groups is 1. The van der Waals surface area contributed by atoms with Crippen LogP contribution in [0.4, 0.5) is 4.79 Å². The molecule has 0 aromatic carbocycles. The van der Waals surface area contributed by atoms with E-state index in [9.17, 15) is 31.8 Å². The van der Waals surface area contributed by atoms with Gasteiger partial charge in [-0.2, -0.15) is 16.8 Å². The molecule has 0 radical (unpaired) electrons. The minimum absolute atomic E-state index is 0.365. The van der Waals surface area contributed by atoms with Crippen LogP contribution < -0.4 is 16.8 Å². The topological polar surface area (TPSA) is 277 Å². The SMILES string of the molecule is NC1=N[C@H]2[C@H](COC(=O)S(=O)(=O)O)N=C(N)N3C[C@@H](OS(=O)(=O)O)C(O)(O)[C@]23N1. The second-order valence-electron chi connectivity index (χ2n) is 6.29. The van der Waals surface area contributed by atoms with E-state index in [0.29, 0.717) is 0 Å². The van der Waals surface area contributed by atoms with Gasteiger partial charge in [0, 0.05) is 0 Å². The zero-order chi connectivity index (χ0) is 22.0. The van der Waals surface area contributed by atoms with E-state index in [1.165, 1.54) is 0 Å². The first-order valence-electron chi connectivity index (χ1n) is 7.56. The quantitative estimate of drug-likeness (QED) is 0.117. The number of nitrogens with two attached hydrogens (primary N) is 2. The van der Waals surface area contributed by atoms with Gasteiger partial charge in [0.2, 0.25) is 5.79 Å². The summed E-state index contributed by atoms with van der Waals surface area (Å²) in [5.74, 6) is -3.90. The minimum atomic E-state index is -5.16. The Labute approximate surface area is 162 Å². The van der Waals surface area contributed by atoms with Gasteiger partial charge in [0.05, 0.1) is 6.54 Å². The molecule has 3 aliphatic heterocycles. The Hall–Kier alpha value is -2.29. The van der Waals surface area contributed by atoms with Crippen LogP contribution in [-0.4, -0.2) is 101 Å². The third-order valence-corrected chi connectivity index (χ3v) is 5.58. The van der Waals surface area contributed by atoms with Gasteiger partial charge >= 0.3 is 25.8 Å². The van der Waals surface area contributed by atoms with Crippen molar-refractivity contribution in [2.24, 2.45) is 21.5 Å². The second kappa shape index (κ2) is 6.35. The number of nitrogens with one attached hydrogen (secondary N) is 1. The number of carbonyl (C=O) groups excluding carboxylic acids is 1. The lowest BCUT2D eigenvalue weighted by molar-refractivity contribution is -0.252. The van der Waals surface area contributed by atoms with Gasteiger partial charge in [0.25, 0.3) is 0 Å². The van der Waals surface area contributed by atoms with E-state index in [-0.39, 0.29) is 5.96 Å². The Morgan fingerprint density at radius 1 is 1.24 bits per heavy atom. The predicted octanol–water partition coefficient (Wildman–Crippen LogP) is -5.12. The summed E-state index contributed by atoms with van der Waals surface area (Å²) in [6.45, 7) is -1.44. The standard InChI is InChI=1S/C10H16N6O11S2/c11-6-14-5-3(2-26-8(17)28(20,21)22)13-7(12)16-1-4(27-29(23,24)25)10(18,19)9(5,16)15-6/h3-5,18-19H,1-2H2,(H2,12,13)(H3,11,14,15)(H,20,21,22)(H,23,24,25)/t3-,4+,5-,9-/m0/s1.